The molecule has 1 aliphatic rings. The molecular weight excluding hydrogens is 519 g/mol. The first-order valence-electron chi connectivity index (χ1n) is 11.0. The van der Waals surface area contributed by atoms with Gasteiger partial charge in [-0.3, -0.25) is 9.79 Å². The number of furan rings is 1. The number of nitrogens with zero attached hydrogens (tertiary/aromatic N) is 1. The van der Waals surface area contributed by atoms with Crippen LogP contribution in [-0.4, -0.2) is 45.2 Å². The Bertz CT molecular complexity index is 866. The Hall–Kier alpha value is -2.07. The molecule has 32 heavy (non-hydrogen) atoms. The van der Waals surface area contributed by atoms with E-state index in [4.69, 9.17) is 9.15 Å². The van der Waals surface area contributed by atoms with E-state index in [1.165, 1.54) is 17.4 Å². The number of benzene rings is 1. The molecule has 0 bridgehead atoms. The number of guanidine groups is 1. The first-order valence-corrected chi connectivity index (χ1v) is 11.0. The van der Waals surface area contributed by atoms with Gasteiger partial charge in [-0.25, -0.2) is 0 Å². The maximum atomic E-state index is 12.1. The zero-order chi connectivity index (χ0) is 22.1. The highest BCUT2D eigenvalue weighted by Gasteiger charge is 2.27. The molecule has 1 saturated heterocycles. The van der Waals surface area contributed by atoms with Crippen LogP contribution in [0.5, 0.6) is 0 Å². The van der Waals surface area contributed by atoms with Crippen molar-refractivity contribution in [2.45, 2.75) is 39.2 Å². The van der Waals surface area contributed by atoms with E-state index in [2.05, 4.69) is 52.1 Å². The van der Waals surface area contributed by atoms with Crippen LogP contribution in [0.25, 0.3) is 0 Å². The summed E-state index contributed by atoms with van der Waals surface area (Å²) in [5.74, 6) is 1.36. The van der Waals surface area contributed by atoms with Crippen molar-refractivity contribution in [3.8, 4) is 0 Å². The van der Waals surface area contributed by atoms with Gasteiger partial charge in [0.1, 0.15) is 0 Å². The zero-order valence-electron chi connectivity index (χ0n) is 19.1. The lowest BCUT2D eigenvalue weighted by molar-refractivity contribution is -0.0265. The third-order valence-corrected chi connectivity index (χ3v) is 5.61. The smallest absolute Gasteiger partial charge is 0.287 e. The van der Waals surface area contributed by atoms with Gasteiger partial charge in [-0.05, 0) is 44.7 Å². The molecule has 3 rings (SSSR count). The van der Waals surface area contributed by atoms with Crippen molar-refractivity contribution in [2.75, 3.05) is 33.3 Å². The number of nitrogens with one attached hydrogen (secondary N) is 3. The lowest BCUT2D eigenvalue weighted by Gasteiger charge is -2.32. The average molecular weight is 554 g/mol. The predicted molar refractivity (Wildman–Crippen MR) is 138 cm³/mol. The molecule has 1 aromatic heterocycles. The molecular formula is C24H35IN4O3. The minimum absolute atomic E-state index is 0. The quantitative estimate of drug-likeness (QED) is 0.199. The number of amides is 1. The Balaban J connectivity index is 0.00000363. The van der Waals surface area contributed by atoms with E-state index in [9.17, 15) is 4.79 Å². The second kappa shape index (κ2) is 13.5. The highest BCUT2D eigenvalue weighted by molar-refractivity contribution is 14.0. The van der Waals surface area contributed by atoms with Crippen molar-refractivity contribution < 1.29 is 13.9 Å². The predicted octanol–water partition coefficient (Wildman–Crippen LogP) is 3.97. The van der Waals surface area contributed by atoms with Gasteiger partial charge in [0, 0.05) is 44.8 Å². The highest BCUT2D eigenvalue weighted by Crippen LogP contribution is 2.33. The van der Waals surface area contributed by atoms with Crippen LogP contribution in [-0.2, 0) is 4.74 Å². The fraction of sp³-hybridized carbons (Fsp3) is 0.500. The SMILES string of the molecule is CN=C(NCCCNC(=O)c1occc1C)NCC1CCCOC1c1ccc(C)cc1.I. The fourth-order valence-electron chi connectivity index (χ4n) is 3.81. The van der Waals surface area contributed by atoms with Crippen LogP contribution in [0, 0.1) is 19.8 Å². The summed E-state index contributed by atoms with van der Waals surface area (Å²) in [6.45, 7) is 6.84. The van der Waals surface area contributed by atoms with E-state index in [0.29, 0.717) is 24.8 Å². The van der Waals surface area contributed by atoms with Gasteiger partial charge in [0.05, 0.1) is 12.4 Å². The third-order valence-electron chi connectivity index (χ3n) is 5.61. The molecule has 0 radical (unpaired) electrons. The molecule has 1 fully saturated rings. The van der Waals surface area contributed by atoms with E-state index in [1.54, 1.807) is 13.1 Å². The maximum Gasteiger partial charge on any atom is 0.287 e. The summed E-state index contributed by atoms with van der Waals surface area (Å²) in [5.41, 5.74) is 3.34. The molecule has 0 aliphatic carbocycles. The van der Waals surface area contributed by atoms with E-state index in [0.717, 1.165) is 43.9 Å². The standard InChI is InChI=1S/C24H34N4O3.HI/c1-17-7-9-19(10-8-17)22-20(6-4-14-30-22)16-28-24(25-3)27-13-5-12-26-23(29)21-18(2)11-15-31-21;/h7-11,15,20,22H,4-6,12-14,16H2,1-3H3,(H,26,29)(H2,25,27,28);1H. The van der Waals surface area contributed by atoms with Gasteiger partial charge < -0.3 is 25.1 Å². The summed E-state index contributed by atoms with van der Waals surface area (Å²) in [4.78, 5) is 16.4. The van der Waals surface area contributed by atoms with Crippen LogP contribution in [0.4, 0.5) is 0 Å². The molecule has 7 nitrogen and oxygen atoms in total. The number of hydrogen-bond donors (Lipinski definition) is 3. The number of carbonyl (C=O) groups excluding carboxylic acids is 1. The lowest BCUT2D eigenvalue weighted by atomic mass is 9.89. The number of aryl methyl sites for hydroxylation is 2. The summed E-state index contributed by atoms with van der Waals surface area (Å²) in [6, 6.07) is 10.4. The molecule has 2 aromatic rings. The molecule has 8 heteroatoms. The first-order chi connectivity index (χ1) is 15.1. The van der Waals surface area contributed by atoms with Gasteiger partial charge in [-0.2, -0.15) is 0 Å². The largest absolute Gasteiger partial charge is 0.459 e. The molecule has 0 spiro atoms. The summed E-state index contributed by atoms with van der Waals surface area (Å²) >= 11 is 0. The second-order valence-corrected chi connectivity index (χ2v) is 8.03. The van der Waals surface area contributed by atoms with Gasteiger partial charge in [-0.15, -0.1) is 24.0 Å². The highest BCUT2D eigenvalue weighted by atomic mass is 127. The monoisotopic (exact) mass is 554 g/mol. The van der Waals surface area contributed by atoms with E-state index < -0.39 is 0 Å². The summed E-state index contributed by atoms with van der Waals surface area (Å²) in [7, 11) is 1.77. The van der Waals surface area contributed by atoms with Crippen molar-refractivity contribution in [3.63, 3.8) is 0 Å². The normalized spacial score (nSPS) is 18.5. The molecule has 3 N–H and O–H groups in total. The summed E-state index contributed by atoms with van der Waals surface area (Å²) in [5, 5.41) is 9.63. The van der Waals surface area contributed by atoms with Gasteiger partial charge in [-0.1, -0.05) is 29.8 Å². The van der Waals surface area contributed by atoms with Crippen LogP contribution in [0.2, 0.25) is 0 Å². The molecule has 2 unspecified atom stereocenters. The van der Waals surface area contributed by atoms with Gasteiger partial charge in [0.25, 0.3) is 5.91 Å². The van der Waals surface area contributed by atoms with Gasteiger partial charge in [0.2, 0.25) is 0 Å². The van der Waals surface area contributed by atoms with E-state index in [1.807, 2.05) is 6.92 Å². The number of ether oxygens (including phenoxy) is 1. The van der Waals surface area contributed by atoms with Crippen LogP contribution in [0.3, 0.4) is 0 Å². The fourth-order valence-corrected chi connectivity index (χ4v) is 3.81. The van der Waals surface area contributed by atoms with Crippen LogP contribution >= 0.6 is 24.0 Å². The van der Waals surface area contributed by atoms with E-state index in [-0.39, 0.29) is 36.0 Å². The van der Waals surface area contributed by atoms with Crippen molar-refractivity contribution >= 4 is 35.8 Å². The Morgan fingerprint density at radius 2 is 1.84 bits per heavy atom. The van der Waals surface area contributed by atoms with Crippen molar-refractivity contribution in [3.05, 3.63) is 59.0 Å². The number of rotatable bonds is 8. The van der Waals surface area contributed by atoms with Crippen molar-refractivity contribution in [1.29, 1.82) is 0 Å². The topological polar surface area (TPSA) is 87.9 Å². The number of carbonyl (C=O) groups is 1. The van der Waals surface area contributed by atoms with Gasteiger partial charge >= 0.3 is 0 Å². The minimum atomic E-state index is -0.176. The Kier molecular flexibility index (Phi) is 11.0. The van der Waals surface area contributed by atoms with Gasteiger partial charge in [0.15, 0.2) is 11.7 Å². The average Bonchev–Trinajstić information content (AvgIpc) is 3.22. The molecule has 2 atom stereocenters. The lowest BCUT2D eigenvalue weighted by Crippen LogP contribution is -2.42. The summed E-state index contributed by atoms with van der Waals surface area (Å²) in [6.07, 6.45) is 4.63. The molecule has 1 amide bonds. The Morgan fingerprint density at radius 1 is 1.09 bits per heavy atom. The summed E-state index contributed by atoms with van der Waals surface area (Å²) < 4.78 is 11.3. The van der Waals surface area contributed by atoms with Crippen molar-refractivity contribution in [1.82, 2.24) is 16.0 Å². The molecule has 1 aliphatic heterocycles. The minimum Gasteiger partial charge on any atom is -0.459 e. The Morgan fingerprint density at radius 3 is 2.53 bits per heavy atom. The van der Waals surface area contributed by atoms with Crippen molar-refractivity contribution in [2.24, 2.45) is 10.9 Å². The van der Waals surface area contributed by atoms with Crippen LogP contribution in [0.15, 0.2) is 46.0 Å². The number of aliphatic imine (C=N–C) groups is 1. The number of halogens is 1. The third kappa shape index (κ3) is 7.51. The molecule has 1 aromatic carbocycles. The molecule has 176 valence electrons. The number of hydrogen-bond acceptors (Lipinski definition) is 4. The van der Waals surface area contributed by atoms with E-state index >= 15 is 0 Å². The molecule has 2 heterocycles. The second-order valence-electron chi connectivity index (χ2n) is 8.03. The molecule has 0 saturated carbocycles. The maximum absolute atomic E-state index is 12.1. The van der Waals surface area contributed by atoms with Crippen LogP contribution < -0.4 is 16.0 Å². The first kappa shape index (κ1) is 26.2. The Labute approximate surface area is 207 Å². The van der Waals surface area contributed by atoms with Crippen LogP contribution in [0.1, 0.15) is 52.6 Å². The zero-order valence-corrected chi connectivity index (χ0v) is 21.5.